The number of halogens is 3. The zero-order valence-corrected chi connectivity index (χ0v) is 16.5. The van der Waals surface area contributed by atoms with Crippen molar-refractivity contribution in [1.82, 2.24) is 4.98 Å². The first-order chi connectivity index (χ1) is 13.2. The summed E-state index contributed by atoms with van der Waals surface area (Å²) in [6, 6.07) is 6.94. The number of carbonyl (C=O) groups excluding carboxylic acids is 1. The second kappa shape index (κ2) is 9.08. The number of hydrogen-bond acceptors (Lipinski definition) is 3. The fraction of sp³-hybridized carbons (Fsp3) is 0.429. The van der Waals surface area contributed by atoms with Gasteiger partial charge in [-0.1, -0.05) is 39.0 Å². The molecule has 0 bridgehead atoms. The lowest BCUT2D eigenvalue weighted by molar-refractivity contribution is -0.141. The van der Waals surface area contributed by atoms with Crippen molar-refractivity contribution in [2.45, 2.75) is 53.1 Å². The van der Waals surface area contributed by atoms with E-state index in [0.717, 1.165) is 11.1 Å². The van der Waals surface area contributed by atoms with Crippen LogP contribution in [0.15, 0.2) is 24.3 Å². The summed E-state index contributed by atoms with van der Waals surface area (Å²) in [4.78, 5) is 16.6. The van der Waals surface area contributed by atoms with E-state index in [4.69, 9.17) is 4.74 Å². The first-order valence-corrected chi connectivity index (χ1v) is 9.36. The average molecular weight is 394 g/mol. The molecule has 152 valence electrons. The summed E-state index contributed by atoms with van der Waals surface area (Å²) in [6.45, 7) is 7.33. The lowest BCUT2D eigenvalue weighted by Gasteiger charge is -2.19. The topological polar surface area (TPSA) is 51.2 Å². The number of rotatable bonds is 7. The second-order valence-corrected chi connectivity index (χ2v) is 6.44. The predicted molar refractivity (Wildman–Crippen MR) is 103 cm³/mol. The van der Waals surface area contributed by atoms with E-state index in [1.165, 1.54) is 13.0 Å². The number of para-hydroxylation sites is 1. The Hall–Kier alpha value is -2.57. The largest absolute Gasteiger partial charge is 0.493 e. The normalized spacial score (nSPS) is 11.4. The molecule has 0 unspecified atom stereocenters. The van der Waals surface area contributed by atoms with Crippen molar-refractivity contribution in [3.8, 4) is 5.75 Å². The molecule has 0 saturated heterocycles. The number of carbonyl (C=O) groups is 1. The molecule has 1 N–H and O–H groups in total. The third-order valence-corrected chi connectivity index (χ3v) is 4.31. The molecule has 0 atom stereocenters. The van der Waals surface area contributed by atoms with Crippen molar-refractivity contribution in [1.29, 1.82) is 0 Å². The van der Waals surface area contributed by atoms with E-state index in [1.54, 1.807) is 0 Å². The molecule has 0 aliphatic heterocycles. The van der Waals surface area contributed by atoms with Crippen LogP contribution in [0.25, 0.3) is 0 Å². The van der Waals surface area contributed by atoms with Crippen LogP contribution in [0.1, 0.15) is 60.1 Å². The molecule has 0 fully saturated rings. The molecule has 0 aliphatic rings. The molecule has 0 aliphatic carbocycles. The summed E-state index contributed by atoms with van der Waals surface area (Å²) in [7, 11) is 0. The van der Waals surface area contributed by atoms with E-state index in [9.17, 15) is 18.0 Å². The molecule has 1 amide bonds. The van der Waals surface area contributed by atoms with Gasteiger partial charge in [0.1, 0.15) is 11.3 Å². The number of nitrogens with zero attached hydrogens (tertiary/aromatic N) is 1. The molecule has 2 rings (SSSR count). The molecule has 0 spiro atoms. The molecule has 1 aromatic heterocycles. The van der Waals surface area contributed by atoms with E-state index < -0.39 is 23.3 Å². The van der Waals surface area contributed by atoms with Crippen LogP contribution in [0.5, 0.6) is 5.75 Å². The number of aryl methyl sites for hydroxylation is 3. The Balaban J connectivity index is 2.59. The van der Waals surface area contributed by atoms with Gasteiger partial charge in [0.2, 0.25) is 0 Å². The smallest absolute Gasteiger partial charge is 0.434 e. The number of ether oxygens (including phenoxy) is 1. The highest BCUT2D eigenvalue weighted by molar-refractivity contribution is 6.08. The van der Waals surface area contributed by atoms with Crippen molar-refractivity contribution in [3.63, 3.8) is 0 Å². The third kappa shape index (κ3) is 4.82. The molecule has 0 radical (unpaired) electrons. The number of nitrogens with one attached hydrogen (secondary N) is 1. The summed E-state index contributed by atoms with van der Waals surface area (Å²) < 4.78 is 46.3. The summed E-state index contributed by atoms with van der Waals surface area (Å²) in [5.74, 6) is -0.979. The highest BCUT2D eigenvalue weighted by Crippen LogP contribution is 2.36. The molecule has 7 heteroatoms. The SMILES string of the molecule is CCCOc1cc(C)nc(C(F)(F)F)c1C(=O)Nc1c(CC)cccc1CC. The van der Waals surface area contributed by atoms with Crippen molar-refractivity contribution in [2.24, 2.45) is 0 Å². The predicted octanol–water partition coefficient (Wildman–Crippen LogP) is 5.57. The fourth-order valence-corrected chi connectivity index (χ4v) is 2.97. The number of benzene rings is 1. The van der Waals surface area contributed by atoms with Gasteiger partial charge in [0.05, 0.1) is 6.61 Å². The number of amides is 1. The van der Waals surface area contributed by atoms with Crippen molar-refractivity contribution < 1.29 is 22.7 Å². The first-order valence-electron chi connectivity index (χ1n) is 9.36. The number of pyridine rings is 1. The van der Waals surface area contributed by atoms with Gasteiger partial charge < -0.3 is 10.1 Å². The van der Waals surface area contributed by atoms with Gasteiger partial charge in [0.15, 0.2) is 5.69 Å². The second-order valence-electron chi connectivity index (χ2n) is 6.44. The quantitative estimate of drug-likeness (QED) is 0.667. The van der Waals surface area contributed by atoms with Crippen molar-refractivity contribution >= 4 is 11.6 Å². The standard InChI is InChI=1S/C21H25F3N2O2/c1-5-11-28-16-12-13(4)25-19(21(22,23)24)17(16)20(27)26-18-14(6-2)9-8-10-15(18)7-3/h8-10,12H,5-7,11H2,1-4H3,(H,26,27). The van der Waals surface area contributed by atoms with E-state index in [-0.39, 0.29) is 18.1 Å². The van der Waals surface area contributed by atoms with Crippen LogP contribution in [0, 0.1) is 6.92 Å². The van der Waals surface area contributed by atoms with Crippen LogP contribution in [0.2, 0.25) is 0 Å². The van der Waals surface area contributed by atoms with E-state index in [2.05, 4.69) is 10.3 Å². The maximum absolute atomic E-state index is 13.6. The van der Waals surface area contributed by atoms with Crippen LogP contribution in [0.4, 0.5) is 18.9 Å². The van der Waals surface area contributed by atoms with Gasteiger partial charge in [0.25, 0.3) is 5.91 Å². The molecule has 28 heavy (non-hydrogen) atoms. The Morgan fingerprint density at radius 2 is 1.75 bits per heavy atom. The Bertz CT molecular complexity index is 826. The minimum atomic E-state index is -4.78. The lowest BCUT2D eigenvalue weighted by atomic mass is 10.0. The molecular weight excluding hydrogens is 369 g/mol. The maximum atomic E-state index is 13.6. The van der Waals surface area contributed by atoms with Gasteiger partial charge in [-0.3, -0.25) is 4.79 Å². The molecule has 1 heterocycles. The van der Waals surface area contributed by atoms with Crippen LogP contribution >= 0.6 is 0 Å². The monoisotopic (exact) mass is 394 g/mol. The number of anilines is 1. The lowest BCUT2D eigenvalue weighted by Crippen LogP contribution is -2.23. The maximum Gasteiger partial charge on any atom is 0.434 e. The molecule has 4 nitrogen and oxygen atoms in total. The zero-order valence-electron chi connectivity index (χ0n) is 16.5. The van der Waals surface area contributed by atoms with Crippen LogP contribution < -0.4 is 10.1 Å². The first kappa shape index (κ1) is 21.7. The van der Waals surface area contributed by atoms with E-state index in [0.29, 0.717) is 24.9 Å². The highest BCUT2D eigenvalue weighted by atomic mass is 19.4. The van der Waals surface area contributed by atoms with Gasteiger partial charge in [-0.05, 0) is 37.3 Å². The Morgan fingerprint density at radius 3 is 2.25 bits per heavy atom. The van der Waals surface area contributed by atoms with Crippen molar-refractivity contribution in [2.75, 3.05) is 11.9 Å². The Kier molecular flexibility index (Phi) is 7.05. The number of aromatic nitrogens is 1. The molecule has 2 aromatic rings. The fourth-order valence-electron chi connectivity index (χ4n) is 2.97. The minimum absolute atomic E-state index is 0.105. The van der Waals surface area contributed by atoms with E-state index >= 15 is 0 Å². The van der Waals surface area contributed by atoms with Gasteiger partial charge in [-0.25, -0.2) is 4.98 Å². The summed E-state index contributed by atoms with van der Waals surface area (Å²) in [6.07, 6.45) is -2.90. The summed E-state index contributed by atoms with van der Waals surface area (Å²) in [5, 5.41) is 2.69. The Morgan fingerprint density at radius 1 is 1.14 bits per heavy atom. The molecule has 1 aromatic carbocycles. The van der Waals surface area contributed by atoms with Gasteiger partial charge in [-0.2, -0.15) is 13.2 Å². The minimum Gasteiger partial charge on any atom is -0.493 e. The van der Waals surface area contributed by atoms with Gasteiger partial charge in [0, 0.05) is 17.4 Å². The molecular formula is C21H25F3N2O2. The number of alkyl halides is 3. The van der Waals surface area contributed by atoms with E-state index in [1.807, 2.05) is 39.0 Å². The zero-order chi connectivity index (χ0) is 20.9. The van der Waals surface area contributed by atoms with Crippen molar-refractivity contribution in [3.05, 3.63) is 52.3 Å². The van der Waals surface area contributed by atoms with Gasteiger partial charge in [-0.15, -0.1) is 0 Å². The van der Waals surface area contributed by atoms with Crippen LogP contribution in [0.3, 0.4) is 0 Å². The number of hydrogen-bond donors (Lipinski definition) is 1. The van der Waals surface area contributed by atoms with Crippen LogP contribution in [-0.4, -0.2) is 17.5 Å². The van der Waals surface area contributed by atoms with Crippen LogP contribution in [-0.2, 0) is 19.0 Å². The molecule has 0 saturated carbocycles. The third-order valence-electron chi connectivity index (χ3n) is 4.31. The van der Waals surface area contributed by atoms with Gasteiger partial charge >= 0.3 is 6.18 Å². The summed E-state index contributed by atoms with van der Waals surface area (Å²) in [5.41, 5.74) is 0.586. The Labute approximate surface area is 163 Å². The summed E-state index contributed by atoms with van der Waals surface area (Å²) >= 11 is 0. The average Bonchev–Trinajstić information content (AvgIpc) is 2.65. The highest BCUT2D eigenvalue weighted by Gasteiger charge is 2.39.